The first-order chi connectivity index (χ1) is 23.4. The van der Waals surface area contributed by atoms with Crippen molar-refractivity contribution < 1.29 is 37.6 Å². The minimum absolute atomic E-state index is 0.106. The number of hydrogen-bond donors (Lipinski definition) is 4. The summed E-state index contributed by atoms with van der Waals surface area (Å²) in [6, 6.07) is 11.7. The van der Waals surface area contributed by atoms with Crippen molar-refractivity contribution in [3.05, 3.63) is 53.2 Å². The van der Waals surface area contributed by atoms with Crippen molar-refractivity contribution in [2.45, 2.75) is 102 Å². The van der Waals surface area contributed by atoms with E-state index in [1.165, 1.54) is 0 Å². The van der Waals surface area contributed by atoms with Gasteiger partial charge in [-0.15, -0.1) is 0 Å². The SMILES string of the molecule is CCCC[C@H](NC(=O)[C@@H](Cc1cccc2ccccc12)CS(=O)(=O)CC)C(=O)N[C@@H](CC1CCCCC1)[C@@H](O)[C@@H](O)C[N+]1([O-])CCOCC1. The number of morpholine rings is 1. The van der Waals surface area contributed by atoms with Gasteiger partial charge in [0, 0.05) is 5.75 Å². The molecule has 4 rings (SSSR count). The molecule has 1 heterocycles. The number of rotatable bonds is 18. The number of hydrogen-bond acceptors (Lipinski definition) is 8. The van der Waals surface area contributed by atoms with E-state index in [2.05, 4.69) is 10.6 Å². The first-order valence-corrected chi connectivity index (χ1v) is 20.0. The summed E-state index contributed by atoms with van der Waals surface area (Å²) in [5.74, 6) is -2.15. The maximum absolute atomic E-state index is 14.0. The van der Waals surface area contributed by atoms with E-state index < -0.39 is 56.5 Å². The zero-order valence-electron chi connectivity index (χ0n) is 29.2. The Morgan fingerprint density at radius 3 is 2.37 bits per heavy atom. The van der Waals surface area contributed by atoms with Gasteiger partial charge in [-0.2, -0.15) is 0 Å². The van der Waals surface area contributed by atoms with Crippen LogP contribution < -0.4 is 10.6 Å². The number of ether oxygens (including phenoxy) is 1. The van der Waals surface area contributed by atoms with Crippen molar-refractivity contribution in [1.82, 2.24) is 10.6 Å². The summed E-state index contributed by atoms with van der Waals surface area (Å²) in [5.41, 5.74) is 0.850. The third-order valence-electron chi connectivity index (χ3n) is 10.3. The van der Waals surface area contributed by atoms with Crippen LogP contribution in [-0.4, -0.2) is 104 Å². The maximum Gasteiger partial charge on any atom is 0.242 e. The molecule has 0 spiro atoms. The summed E-state index contributed by atoms with van der Waals surface area (Å²) in [7, 11) is -3.54. The number of amides is 2. The Kier molecular flexibility index (Phi) is 14.9. The maximum atomic E-state index is 14.0. The van der Waals surface area contributed by atoms with Crippen LogP contribution >= 0.6 is 0 Å². The van der Waals surface area contributed by atoms with Crippen LogP contribution in [0.4, 0.5) is 0 Å². The number of benzene rings is 2. The van der Waals surface area contributed by atoms with Gasteiger partial charge in [0.25, 0.3) is 0 Å². The number of quaternary nitrogens is 1. The van der Waals surface area contributed by atoms with Gasteiger partial charge in [0.2, 0.25) is 11.8 Å². The highest BCUT2D eigenvalue weighted by Gasteiger charge is 2.37. The highest BCUT2D eigenvalue weighted by Crippen LogP contribution is 2.29. The van der Waals surface area contributed by atoms with Crippen LogP contribution in [0.25, 0.3) is 10.8 Å². The Balaban J connectivity index is 1.54. The third-order valence-corrected chi connectivity index (χ3v) is 12.1. The second-order valence-electron chi connectivity index (χ2n) is 14.2. The number of fused-ring (bicyclic) bond motifs is 1. The van der Waals surface area contributed by atoms with Gasteiger partial charge >= 0.3 is 0 Å². The number of nitrogens with zero attached hydrogens (tertiary/aromatic N) is 1. The summed E-state index contributed by atoms with van der Waals surface area (Å²) >= 11 is 0. The van der Waals surface area contributed by atoms with Crippen LogP contribution in [0.15, 0.2) is 42.5 Å². The Morgan fingerprint density at radius 2 is 1.67 bits per heavy atom. The normalized spacial score (nSPS) is 20.2. The average molecular weight is 704 g/mol. The van der Waals surface area contributed by atoms with Crippen molar-refractivity contribution in [3.63, 3.8) is 0 Å². The molecule has 0 aromatic heterocycles. The topological polar surface area (TPSA) is 165 Å². The average Bonchev–Trinajstić information content (AvgIpc) is 3.09. The van der Waals surface area contributed by atoms with E-state index in [4.69, 9.17) is 4.74 Å². The Bertz CT molecular complexity index is 1450. The lowest BCUT2D eigenvalue weighted by Gasteiger charge is -2.47. The molecule has 4 N–H and O–H groups in total. The molecular formula is C37H57N3O8S. The fraction of sp³-hybridized carbons (Fsp3) is 0.676. The molecule has 0 unspecified atom stereocenters. The minimum atomic E-state index is -3.54. The molecule has 274 valence electrons. The van der Waals surface area contributed by atoms with Crippen LogP contribution in [0.1, 0.15) is 77.2 Å². The van der Waals surface area contributed by atoms with Gasteiger partial charge in [0.15, 0.2) is 9.84 Å². The fourth-order valence-electron chi connectivity index (χ4n) is 7.28. The quantitative estimate of drug-likeness (QED) is 0.135. The standard InChI is InChI=1S/C37H57N3O8S/c1-3-5-18-32(38-36(43)30(26-49(46,47)4-2)24-29-16-11-15-28-14-9-10-17-31(28)29)37(44)39-33(23-27-12-7-6-8-13-27)35(42)34(41)25-40(45)19-21-48-22-20-40/h9-11,14-17,27,30,32-35,41-42H,3-8,12-13,18-26H2,1-2H3,(H,38,43)(H,39,44)/t30-,32-,33-,34-,35+/m0/s1. The minimum Gasteiger partial charge on any atom is -0.633 e. The van der Waals surface area contributed by atoms with Crippen molar-refractivity contribution in [3.8, 4) is 0 Å². The molecule has 2 aromatic carbocycles. The summed E-state index contributed by atoms with van der Waals surface area (Å²) in [6.45, 7) is 4.27. The number of carbonyl (C=O) groups is 2. The van der Waals surface area contributed by atoms with E-state index >= 15 is 0 Å². The third kappa shape index (κ3) is 11.7. The Labute approximate surface area is 291 Å². The van der Waals surface area contributed by atoms with Crippen LogP contribution in [0.2, 0.25) is 0 Å². The van der Waals surface area contributed by atoms with Gasteiger partial charge < -0.3 is 35.4 Å². The lowest BCUT2D eigenvalue weighted by atomic mass is 9.83. The van der Waals surface area contributed by atoms with Crippen molar-refractivity contribution in [2.24, 2.45) is 11.8 Å². The van der Waals surface area contributed by atoms with Gasteiger partial charge in [-0.05, 0) is 41.5 Å². The number of aliphatic hydroxyl groups is 2. The van der Waals surface area contributed by atoms with Gasteiger partial charge in [0.1, 0.15) is 37.9 Å². The molecule has 1 saturated heterocycles. The van der Waals surface area contributed by atoms with E-state index in [1.54, 1.807) is 6.92 Å². The number of aliphatic hydroxyl groups excluding tert-OH is 2. The van der Waals surface area contributed by atoms with Crippen molar-refractivity contribution in [1.29, 1.82) is 0 Å². The highest BCUT2D eigenvalue weighted by atomic mass is 32.2. The molecule has 2 amide bonds. The number of hydroxylamine groups is 3. The van der Waals surface area contributed by atoms with Gasteiger partial charge in [-0.3, -0.25) is 9.59 Å². The number of sulfone groups is 1. The van der Waals surface area contributed by atoms with E-state index in [0.717, 1.165) is 54.9 Å². The monoisotopic (exact) mass is 703 g/mol. The molecule has 12 heteroatoms. The molecular weight excluding hydrogens is 646 g/mol. The Morgan fingerprint density at radius 1 is 0.980 bits per heavy atom. The number of nitrogens with one attached hydrogen (secondary N) is 2. The molecule has 1 aliphatic heterocycles. The predicted octanol–water partition coefficient (Wildman–Crippen LogP) is 3.63. The van der Waals surface area contributed by atoms with Crippen LogP contribution in [0.3, 0.4) is 0 Å². The molecule has 2 fully saturated rings. The molecule has 0 bridgehead atoms. The van der Waals surface area contributed by atoms with E-state index in [1.807, 2.05) is 49.4 Å². The summed E-state index contributed by atoms with van der Waals surface area (Å²) in [4.78, 5) is 28.0. The van der Waals surface area contributed by atoms with Gasteiger partial charge in [0.05, 0.1) is 30.9 Å². The summed E-state index contributed by atoms with van der Waals surface area (Å²) < 4.78 is 30.4. The predicted molar refractivity (Wildman–Crippen MR) is 191 cm³/mol. The molecule has 11 nitrogen and oxygen atoms in total. The summed E-state index contributed by atoms with van der Waals surface area (Å²) in [5, 5.41) is 43.5. The zero-order valence-corrected chi connectivity index (χ0v) is 30.0. The molecule has 2 aromatic rings. The first-order valence-electron chi connectivity index (χ1n) is 18.2. The second-order valence-corrected chi connectivity index (χ2v) is 16.6. The van der Waals surface area contributed by atoms with Crippen LogP contribution in [-0.2, 0) is 30.6 Å². The first kappa shape index (κ1) is 39.2. The smallest absolute Gasteiger partial charge is 0.242 e. The molecule has 49 heavy (non-hydrogen) atoms. The zero-order chi connectivity index (χ0) is 35.4. The number of carbonyl (C=O) groups excluding carboxylic acids is 2. The van der Waals surface area contributed by atoms with Gasteiger partial charge in [-0.1, -0.05) is 101 Å². The molecule has 2 aliphatic rings. The summed E-state index contributed by atoms with van der Waals surface area (Å²) in [6.07, 6.45) is 4.75. The van der Waals surface area contributed by atoms with Crippen LogP contribution in [0.5, 0.6) is 0 Å². The lowest BCUT2D eigenvalue weighted by molar-refractivity contribution is -0.892. The van der Waals surface area contributed by atoms with Crippen molar-refractivity contribution in [2.75, 3.05) is 44.4 Å². The largest absolute Gasteiger partial charge is 0.633 e. The van der Waals surface area contributed by atoms with Gasteiger partial charge in [-0.25, -0.2) is 8.42 Å². The van der Waals surface area contributed by atoms with E-state index in [-0.39, 0.29) is 56.7 Å². The molecule has 0 radical (unpaired) electrons. The molecule has 1 saturated carbocycles. The highest BCUT2D eigenvalue weighted by molar-refractivity contribution is 7.91. The van der Waals surface area contributed by atoms with E-state index in [9.17, 15) is 33.4 Å². The Hall–Kier alpha value is -2.61. The lowest BCUT2D eigenvalue weighted by Crippen LogP contribution is -2.60. The second kappa shape index (κ2) is 18.6. The molecule has 1 aliphatic carbocycles. The van der Waals surface area contributed by atoms with E-state index in [0.29, 0.717) is 19.3 Å². The van der Waals surface area contributed by atoms with Crippen LogP contribution in [0, 0.1) is 17.0 Å². The molecule has 5 atom stereocenters. The fourth-order valence-corrected chi connectivity index (χ4v) is 8.40. The number of unbranched alkanes of at least 4 members (excludes halogenated alkanes) is 1. The van der Waals surface area contributed by atoms with Crippen molar-refractivity contribution >= 4 is 32.4 Å².